The molecule has 0 N–H and O–H groups in total. The van der Waals surface area contributed by atoms with E-state index >= 15 is 0 Å². The minimum atomic E-state index is -0.576. The number of hydrogen-bond donors (Lipinski definition) is 0. The molecule has 2 amide bonds. The minimum Gasteiger partial charge on any atom is -0.444 e. The van der Waals surface area contributed by atoms with Gasteiger partial charge in [0.15, 0.2) is 0 Å². The highest BCUT2D eigenvalue weighted by atomic mass is 16.6. The van der Waals surface area contributed by atoms with Crippen LogP contribution in [0.2, 0.25) is 0 Å². The fraction of sp³-hybridized carbons (Fsp3) is 0.455. The largest absolute Gasteiger partial charge is 0.444 e. The molecule has 0 saturated carbocycles. The number of likely N-dealkylation sites (tertiary alicyclic amines) is 1. The first-order valence-corrected chi connectivity index (χ1v) is 9.47. The number of carbonyl (C=O) groups excluding carboxylic acids is 2. The summed E-state index contributed by atoms with van der Waals surface area (Å²) in [6, 6.07) is 14.6. The molecule has 1 unspecified atom stereocenters. The molecule has 2 aromatic carbocycles. The Balaban J connectivity index is 1.76. The Hall–Kier alpha value is -2.56. The average Bonchev–Trinajstić information content (AvgIpc) is 3.09. The highest BCUT2D eigenvalue weighted by molar-refractivity contribution is 5.88. The summed E-state index contributed by atoms with van der Waals surface area (Å²) < 4.78 is 5.35. The van der Waals surface area contributed by atoms with E-state index in [1.165, 1.54) is 21.2 Å². The van der Waals surface area contributed by atoms with Crippen LogP contribution in [0.15, 0.2) is 42.5 Å². The van der Waals surface area contributed by atoms with Gasteiger partial charge in [-0.05, 0) is 49.9 Å². The van der Waals surface area contributed by atoms with E-state index in [2.05, 4.69) is 24.3 Å². The molecule has 3 rings (SSSR count). The van der Waals surface area contributed by atoms with Gasteiger partial charge in [-0.15, -0.1) is 0 Å². The molecule has 0 spiro atoms. The lowest BCUT2D eigenvalue weighted by Crippen LogP contribution is -2.42. The molecule has 1 aliphatic rings. The summed E-state index contributed by atoms with van der Waals surface area (Å²) in [6.45, 7) is 6.19. The van der Waals surface area contributed by atoms with Crippen LogP contribution >= 0.6 is 0 Å². The minimum absolute atomic E-state index is 0.0240. The SMILES string of the molecule is CN(CC(=O)N1CCCC1c1cccc2ccccc12)C(=O)OC(C)(C)C. The molecule has 0 aliphatic carbocycles. The number of hydrogen-bond acceptors (Lipinski definition) is 3. The summed E-state index contributed by atoms with van der Waals surface area (Å²) in [4.78, 5) is 28.3. The Kier molecular flexibility index (Phi) is 5.40. The summed E-state index contributed by atoms with van der Waals surface area (Å²) in [5.74, 6) is -0.0428. The molecular formula is C22H28N2O3. The monoisotopic (exact) mass is 368 g/mol. The highest BCUT2D eigenvalue weighted by Crippen LogP contribution is 2.36. The van der Waals surface area contributed by atoms with Gasteiger partial charge in [0.25, 0.3) is 0 Å². The first kappa shape index (κ1) is 19.2. The summed E-state index contributed by atoms with van der Waals surface area (Å²) in [5.41, 5.74) is 0.604. The normalized spacial score (nSPS) is 17.2. The van der Waals surface area contributed by atoms with Gasteiger partial charge in [0.1, 0.15) is 12.1 Å². The van der Waals surface area contributed by atoms with Gasteiger partial charge in [-0.2, -0.15) is 0 Å². The first-order chi connectivity index (χ1) is 12.8. The molecule has 5 heteroatoms. The van der Waals surface area contributed by atoms with Crippen LogP contribution in [-0.2, 0) is 9.53 Å². The Morgan fingerprint density at radius 1 is 1.15 bits per heavy atom. The van der Waals surface area contributed by atoms with E-state index in [1.54, 1.807) is 7.05 Å². The number of likely N-dealkylation sites (N-methyl/N-ethyl adjacent to an activating group) is 1. The van der Waals surface area contributed by atoms with Crippen molar-refractivity contribution in [3.8, 4) is 0 Å². The first-order valence-electron chi connectivity index (χ1n) is 9.47. The molecule has 0 aromatic heterocycles. The molecule has 1 fully saturated rings. The van der Waals surface area contributed by atoms with Crippen molar-refractivity contribution in [3.05, 3.63) is 48.0 Å². The highest BCUT2D eigenvalue weighted by Gasteiger charge is 2.32. The van der Waals surface area contributed by atoms with Gasteiger partial charge in [-0.25, -0.2) is 4.79 Å². The fourth-order valence-corrected chi connectivity index (χ4v) is 3.63. The molecule has 144 valence electrons. The van der Waals surface area contributed by atoms with Crippen molar-refractivity contribution >= 4 is 22.8 Å². The number of amides is 2. The number of benzene rings is 2. The predicted octanol–water partition coefficient (Wildman–Crippen LogP) is 4.37. The Morgan fingerprint density at radius 2 is 1.85 bits per heavy atom. The van der Waals surface area contributed by atoms with Gasteiger partial charge in [0, 0.05) is 13.6 Å². The maximum atomic E-state index is 12.9. The fourth-order valence-electron chi connectivity index (χ4n) is 3.63. The number of ether oxygens (including phenoxy) is 1. The van der Waals surface area contributed by atoms with E-state index < -0.39 is 11.7 Å². The third kappa shape index (κ3) is 4.41. The molecule has 5 nitrogen and oxygen atoms in total. The van der Waals surface area contributed by atoms with Crippen LogP contribution in [0.25, 0.3) is 10.8 Å². The summed E-state index contributed by atoms with van der Waals surface area (Å²) in [7, 11) is 1.61. The van der Waals surface area contributed by atoms with Crippen LogP contribution in [-0.4, -0.2) is 47.5 Å². The van der Waals surface area contributed by atoms with E-state index in [9.17, 15) is 9.59 Å². The van der Waals surface area contributed by atoms with Crippen molar-refractivity contribution in [2.75, 3.05) is 20.1 Å². The van der Waals surface area contributed by atoms with Crippen molar-refractivity contribution in [3.63, 3.8) is 0 Å². The zero-order chi connectivity index (χ0) is 19.6. The molecule has 0 radical (unpaired) electrons. The molecular weight excluding hydrogens is 340 g/mol. The zero-order valence-electron chi connectivity index (χ0n) is 16.6. The van der Waals surface area contributed by atoms with E-state index in [0.29, 0.717) is 0 Å². The van der Waals surface area contributed by atoms with Crippen molar-refractivity contribution in [1.82, 2.24) is 9.80 Å². The summed E-state index contributed by atoms with van der Waals surface area (Å²) in [5, 5.41) is 2.37. The van der Waals surface area contributed by atoms with Crippen LogP contribution in [0.1, 0.15) is 45.2 Å². The maximum Gasteiger partial charge on any atom is 0.410 e. The third-order valence-electron chi connectivity index (χ3n) is 4.83. The van der Waals surface area contributed by atoms with Crippen molar-refractivity contribution in [2.24, 2.45) is 0 Å². The quantitative estimate of drug-likeness (QED) is 0.808. The number of fused-ring (bicyclic) bond motifs is 1. The van der Waals surface area contributed by atoms with Gasteiger partial charge >= 0.3 is 6.09 Å². The second kappa shape index (κ2) is 7.59. The van der Waals surface area contributed by atoms with E-state index in [4.69, 9.17) is 4.74 Å². The van der Waals surface area contributed by atoms with Crippen LogP contribution < -0.4 is 0 Å². The van der Waals surface area contributed by atoms with Crippen molar-refractivity contribution in [2.45, 2.75) is 45.3 Å². The number of carbonyl (C=O) groups is 2. The lowest BCUT2D eigenvalue weighted by atomic mass is 9.97. The zero-order valence-corrected chi connectivity index (χ0v) is 16.6. The van der Waals surface area contributed by atoms with Crippen molar-refractivity contribution < 1.29 is 14.3 Å². The Labute approximate surface area is 160 Å². The van der Waals surface area contributed by atoms with Crippen LogP contribution in [0.5, 0.6) is 0 Å². The van der Waals surface area contributed by atoms with E-state index in [0.717, 1.165) is 19.4 Å². The maximum absolute atomic E-state index is 12.9. The number of nitrogens with zero attached hydrogens (tertiary/aromatic N) is 2. The molecule has 1 saturated heterocycles. The van der Waals surface area contributed by atoms with Gasteiger partial charge in [0.2, 0.25) is 5.91 Å². The molecule has 27 heavy (non-hydrogen) atoms. The van der Waals surface area contributed by atoms with Gasteiger partial charge < -0.3 is 14.5 Å². The topological polar surface area (TPSA) is 49.9 Å². The Morgan fingerprint density at radius 3 is 2.59 bits per heavy atom. The Bertz CT molecular complexity index is 836. The van der Waals surface area contributed by atoms with Gasteiger partial charge in [-0.1, -0.05) is 42.5 Å². The lowest BCUT2D eigenvalue weighted by molar-refractivity contribution is -0.133. The van der Waals surface area contributed by atoms with Crippen LogP contribution in [0.3, 0.4) is 0 Å². The van der Waals surface area contributed by atoms with E-state index in [-0.39, 0.29) is 18.5 Å². The molecule has 0 bridgehead atoms. The second-order valence-corrected chi connectivity index (χ2v) is 8.15. The van der Waals surface area contributed by atoms with E-state index in [1.807, 2.05) is 43.9 Å². The van der Waals surface area contributed by atoms with Crippen LogP contribution in [0.4, 0.5) is 4.79 Å². The number of rotatable bonds is 3. The molecule has 1 heterocycles. The molecule has 2 aromatic rings. The molecule has 1 aliphatic heterocycles. The summed E-state index contributed by atoms with van der Waals surface area (Å²) >= 11 is 0. The lowest BCUT2D eigenvalue weighted by Gasteiger charge is -2.29. The van der Waals surface area contributed by atoms with Gasteiger partial charge in [0.05, 0.1) is 6.04 Å². The smallest absolute Gasteiger partial charge is 0.410 e. The average molecular weight is 368 g/mol. The van der Waals surface area contributed by atoms with Gasteiger partial charge in [-0.3, -0.25) is 4.79 Å². The van der Waals surface area contributed by atoms with Crippen LogP contribution in [0, 0.1) is 0 Å². The standard InChI is InChI=1S/C22H28N2O3/c1-22(2,3)27-21(26)23(4)15-20(25)24-14-8-13-19(24)18-12-7-10-16-9-5-6-11-17(16)18/h5-7,9-12,19H,8,13-15H2,1-4H3. The summed E-state index contributed by atoms with van der Waals surface area (Å²) in [6.07, 6.45) is 1.43. The third-order valence-corrected chi connectivity index (χ3v) is 4.83. The van der Waals surface area contributed by atoms with Crippen molar-refractivity contribution in [1.29, 1.82) is 0 Å². The second-order valence-electron chi connectivity index (χ2n) is 8.15. The molecule has 1 atom stereocenters. The predicted molar refractivity (Wildman–Crippen MR) is 107 cm³/mol.